The van der Waals surface area contributed by atoms with Gasteiger partial charge < -0.3 is 14.6 Å². The Morgan fingerprint density at radius 3 is 2.45 bits per heavy atom. The average molecular weight is 539 g/mol. The summed E-state index contributed by atoms with van der Waals surface area (Å²) in [5, 5.41) is 22.6. The van der Waals surface area contributed by atoms with E-state index in [9.17, 15) is 5.11 Å². The van der Waals surface area contributed by atoms with Gasteiger partial charge in [0.05, 0.1) is 23.8 Å². The number of anilines is 1. The Hall–Kier alpha value is -4.27. The lowest BCUT2D eigenvalue weighted by Crippen LogP contribution is -2.45. The predicted molar refractivity (Wildman–Crippen MR) is 152 cm³/mol. The molecular weight excluding hydrogens is 507 g/mol. The van der Waals surface area contributed by atoms with Crippen LogP contribution in [0.1, 0.15) is 42.5 Å². The molecule has 3 aromatic carbocycles. The minimum absolute atomic E-state index is 0.229. The van der Waals surface area contributed by atoms with Crippen LogP contribution in [0.15, 0.2) is 108 Å². The SMILES string of the molecule is CC1(O)C(OCc2ccccc2)=CN(c2ccc(C3CCOCC3)cc2F)N=C1c1ccnn1-c1ccccc1. The Labute approximate surface area is 232 Å². The first kappa shape index (κ1) is 26.0. The third kappa shape index (κ3) is 5.15. The summed E-state index contributed by atoms with van der Waals surface area (Å²) < 4.78 is 29.1. The van der Waals surface area contributed by atoms with Gasteiger partial charge in [-0.05, 0) is 67.1 Å². The quantitative estimate of drug-likeness (QED) is 0.315. The molecule has 1 fully saturated rings. The van der Waals surface area contributed by atoms with Crippen LogP contribution < -0.4 is 5.01 Å². The molecule has 1 saturated heterocycles. The summed E-state index contributed by atoms with van der Waals surface area (Å²) in [5.74, 6) is 0.109. The van der Waals surface area contributed by atoms with Crippen molar-refractivity contribution in [1.29, 1.82) is 0 Å². The van der Waals surface area contributed by atoms with E-state index in [1.54, 1.807) is 42.2 Å². The molecule has 0 saturated carbocycles. The number of nitrogens with zero attached hydrogens (tertiary/aromatic N) is 4. The second-order valence-electron chi connectivity index (χ2n) is 10.2. The third-order valence-electron chi connectivity index (χ3n) is 7.42. The zero-order chi connectivity index (χ0) is 27.5. The molecule has 8 heteroatoms. The van der Waals surface area contributed by atoms with Crippen molar-refractivity contribution in [3.63, 3.8) is 0 Å². The molecular formula is C32H31FN4O3. The molecule has 6 rings (SSSR count). The van der Waals surface area contributed by atoms with Gasteiger partial charge in [0.15, 0.2) is 11.4 Å². The van der Waals surface area contributed by atoms with E-state index in [4.69, 9.17) is 14.6 Å². The Kier molecular flexibility index (Phi) is 7.19. The van der Waals surface area contributed by atoms with Crippen molar-refractivity contribution in [2.75, 3.05) is 18.2 Å². The Bertz CT molecular complexity index is 1530. The van der Waals surface area contributed by atoms with Crippen LogP contribution in [0.2, 0.25) is 0 Å². The molecule has 0 radical (unpaired) electrons. The average Bonchev–Trinajstić information content (AvgIpc) is 3.47. The van der Waals surface area contributed by atoms with Crippen molar-refractivity contribution in [3.8, 4) is 5.69 Å². The lowest BCUT2D eigenvalue weighted by atomic mass is 9.91. The summed E-state index contributed by atoms with van der Waals surface area (Å²) >= 11 is 0. The molecule has 1 aromatic heterocycles. The van der Waals surface area contributed by atoms with Crippen molar-refractivity contribution in [2.45, 2.75) is 37.9 Å². The van der Waals surface area contributed by atoms with Crippen LogP contribution in [0.3, 0.4) is 0 Å². The Balaban J connectivity index is 1.40. The summed E-state index contributed by atoms with van der Waals surface area (Å²) in [7, 11) is 0. The van der Waals surface area contributed by atoms with E-state index in [0.29, 0.717) is 18.9 Å². The predicted octanol–water partition coefficient (Wildman–Crippen LogP) is 5.94. The van der Waals surface area contributed by atoms with Gasteiger partial charge >= 0.3 is 0 Å². The summed E-state index contributed by atoms with van der Waals surface area (Å²) in [6.07, 6.45) is 4.95. The second-order valence-corrected chi connectivity index (χ2v) is 10.2. The fourth-order valence-electron chi connectivity index (χ4n) is 5.18. The summed E-state index contributed by atoms with van der Waals surface area (Å²) in [6, 6.07) is 26.3. The summed E-state index contributed by atoms with van der Waals surface area (Å²) in [5.41, 5.74) is 2.19. The van der Waals surface area contributed by atoms with Crippen molar-refractivity contribution in [3.05, 3.63) is 126 Å². The lowest BCUT2D eigenvalue weighted by Gasteiger charge is -2.34. The first-order valence-electron chi connectivity index (χ1n) is 13.5. The highest BCUT2D eigenvalue weighted by Crippen LogP contribution is 2.35. The first-order chi connectivity index (χ1) is 19.5. The smallest absolute Gasteiger partial charge is 0.166 e. The molecule has 1 atom stereocenters. The molecule has 1 unspecified atom stereocenters. The minimum atomic E-state index is -1.61. The number of hydrogen-bond donors (Lipinski definition) is 1. The Morgan fingerprint density at radius 1 is 1.00 bits per heavy atom. The van der Waals surface area contributed by atoms with Gasteiger partial charge in [-0.25, -0.2) is 14.1 Å². The van der Waals surface area contributed by atoms with Crippen LogP contribution in [0, 0.1) is 5.82 Å². The number of hydrazone groups is 1. The molecule has 0 spiro atoms. The number of benzene rings is 3. The number of aromatic nitrogens is 2. The van der Waals surface area contributed by atoms with E-state index < -0.39 is 11.4 Å². The van der Waals surface area contributed by atoms with Gasteiger partial charge in [0, 0.05) is 13.2 Å². The fourth-order valence-corrected chi connectivity index (χ4v) is 5.18. The number of halogens is 1. The second kappa shape index (κ2) is 11.1. The number of para-hydroxylation sites is 1. The zero-order valence-electron chi connectivity index (χ0n) is 22.3. The number of rotatable bonds is 7. The van der Waals surface area contributed by atoms with Crippen LogP contribution in [0.25, 0.3) is 5.69 Å². The van der Waals surface area contributed by atoms with Crippen molar-refractivity contribution < 1.29 is 19.0 Å². The van der Waals surface area contributed by atoms with Crippen LogP contribution in [-0.4, -0.2) is 39.4 Å². The summed E-state index contributed by atoms with van der Waals surface area (Å²) in [4.78, 5) is 0. The fraction of sp³-hybridized carbons (Fsp3) is 0.250. The Morgan fingerprint density at radius 2 is 1.73 bits per heavy atom. The molecule has 2 aliphatic heterocycles. The van der Waals surface area contributed by atoms with E-state index >= 15 is 4.39 Å². The van der Waals surface area contributed by atoms with Crippen molar-refractivity contribution in [2.24, 2.45) is 5.10 Å². The molecule has 204 valence electrons. The summed E-state index contributed by atoms with van der Waals surface area (Å²) in [6.45, 7) is 3.23. The molecule has 40 heavy (non-hydrogen) atoms. The standard InChI is InChI=1S/C32H31FN4O3/c1-32(38)30(40-22-23-8-4-2-5-9-23)21-36(28-13-12-25(20-27(28)33)24-15-18-39-19-16-24)35-31(32)29-14-17-34-37(29)26-10-6-3-7-11-26/h2-14,17,20-21,24,38H,15-16,18-19,22H2,1H3. The maximum absolute atomic E-state index is 15.7. The normalized spacial score (nSPS) is 19.7. The van der Waals surface area contributed by atoms with Gasteiger partial charge in [-0.15, -0.1) is 0 Å². The first-order valence-corrected chi connectivity index (χ1v) is 13.5. The van der Waals surface area contributed by atoms with Crippen molar-refractivity contribution in [1.82, 2.24) is 9.78 Å². The highest BCUT2D eigenvalue weighted by molar-refractivity contribution is 6.08. The molecule has 7 nitrogen and oxygen atoms in total. The van der Waals surface area contributed by atoms with Gasteiger partial charge in [-0.3, -0.25) is 0 Å². The van der Waals surface area contributed by atoms with Gasteiger partial charge in [0.25, 0.3) is 0 Å². The van der Waals surface area contributed by atoms with Gasteiger partial charge in [0.1, 0.15) is 23.8 Å². The molecule has 0 aliphatic carbocycles. The van der Waals surface area contributed by atoms with E-state index in [1.165, 1.54) is 5.01 Å². The zero-order valence-corrected chi connectivity index (χ0v) is 22.3. The topological polar surface area (TPSA) is 72.1 Å². The highest BCUT2D eigenvalue weighted by atomic mass is 19.1. The molecule has 3 heterocycles. The number of aliphatic hydroxyl groups is 1. The monoisotopic (exact) mass is 538 g/mol. The number of hydrogen-bond acceptors (Lipinski definition) is 6. The molecule has 2 aliphatic rings. The molecule has 1 N–H and O–H groups in total. The molecule has 0 amide bonds. The lowest BCUT2D eigenvalue weighted by molar-refractivity contribution is 0.0652. The maximum Gasteiger partial charge on any atom is 0.166 e. The minimum Gasteiger partial charge on any atom is -0.488 e. The maximum atomic E-state index is 15.7. The van der Waals surface area contributed by atoms with Crippen LogP contribution in [0.5, 0.6) is 0 Å². The van der Waals surface area contributed by atoms with Gasteiger partial charge in [0.2, 0.25) is 0 Å². The van der Waals surface area contributed by atoms with Gasteiger partial charge in [-0.2, -0.15) is 10.2 Å². The van der Waals surface area contributed by atoms with Crippen molar-refractivity contribution >= 4 is 11.4 Å². The third-order valence-corrected chi connectivity index (χ3v) is 7.42. The van der Waals surface area contributed by atoms with Crippen LogP contribution >= 0.6 is 0 Å². The van der Waals surface area contributed by atoms with E-state index in [2.05, 4.69) is 5.10 Å². The number of ether oxygens (including phenoxy) is 2. The van der Waals surface area contributed by atoms with E-state index in [0.717, 1.165) is 29.7 Å². The highest BCUT2D eigenvalue weighted by Gasteiger charge is 2.41. The largest absolute Gasteiger partial charge is 0.488 e. The van der Waals surface area contributed by atoms with E-state index in [1.807, 2.05) is 66.7 Å². The van der Waals surface area contributed by atoms with Crippen LogP contribution in [0.4, 0.5) is 10.1 Å². The molecule has 0 bridgehead atoms. The van der Waals surface area contributed by atoms with Gasteiger partial charge in [-0.1, -0.05) is 54.6 Å². The van der Waals surface area contributed by atoms with Crippen LogP contribution in [-0.2, 0) is 16.1 Å². The molecule has 4 aromatic rings. The van der Waals surface area contributed by atoms with E-state index in [-0.39, 0.29) is 29.7 Å².